The molecular formula is C26H34O4. The number of carbonyl (C=O) groups is 1. The van der Waals surface area contributed by atoms with Gasteiger partial charge in [0.15, 0.2) is 0 Å². The lowest BCUT2D eigenvalue weighted by Gasteiger charge is -2.17. The second-order valence-corrected chi connectivity index (χ2v) is 7.98. The molecule has 0 amide bonds. The smallest absolute Gasteiger partial charge is 0.333 e. The van der Waals surface area contributed by atoms with Gasteiger partial charge < -0.3 is 14.2 Å². The van der Waals surface area contributed by atoms with E-state index in [9.17, 15) is 4.79 Å². The number of rotatable bonds is 13. The van der Waals surface area contributed by atoms with E-state index in [2.05, 4.69) is 44.7 Å². The van der Waals surface area contributed by atoms with Gasteiger partial charge in [-0.2, -0.15) is 0 Å². The van der Waals surface area contributed by atoms with E-state index in [1.165, 1.54) is 11.1 Å². The van der Waals surface area contributed by atoms with Crippen molar-refractivity contribution in [2.24, 2.45) is 11.8 Å². The highest BCUT2D eigenvalue weighted by atomic mass is 16.6. The molecule has 0 fully saturated rings. The largest absolute Gasteiger partial charge is 0.493 e. The maximum Gasteiger partial charge on any atom is 0.333 e. The molecule has 2 aromatic rings. The lowest BCUT2D eigenvalue weighted by molar-refractivity contribution is -0.140. The van der Waals surface area contributed by atoms with Gasteiger partial charge in [0.1, 0.15) is 12.4 Å². The summed E-state index contributed by atoms with van der Waals surface area (Å²) in [6.45, 7) is 11.6. The number of benzene rings is 2. The fraction of sp³-hybridized carbons (Fsp3) is 0.423. The molecule has 0 bridgehead atoms. The molecular weight excluding hydrogens is 376 g/mol. The van der Waals surface area contributed by atoms with Gasteiger partial charge in [0, 0.05) is 12.2 Å². The molecule has 0 radical (unpaired) electrons. The summed E-state index contributed by atoms with van der Waals surface area (Å²) >= 11 is 0. The first-order valence-corrected chi connectivity index (χ1v) is 10.6. The fourth-order valence-corrected chi connectivity index (χ4v) is 2.95. The molecule has 0 aliphatic heterocycles. The van der Waals surface area contributed by atoms with Crippen LogP contribution in [0.4, 0.5) is 0 Å². The summed E-state index contributed by atoms with van der Waals surface area (Å²) in [5.41, 5.74) is 2.81. The van der Waals surface area contributed by atoms with E-state index in [4.69, 9.17) is 14.2 Å². The number of hydrogen-bond acceptors (Lipinski definition) is 4. The van der Waals surface area contributed by atoms with E-state index >= 15 is 0 Å². The first-order valence-electron chi connectivity index (χ1n) is 10.6. The van der Waals surface area contributed by atoms with Crippen LogP contribution >= 0.6 is 0 Å². The Morgan fingerprint density at radius 1 is 0.867 bits per heavy atom. The first-order chi connectivity index (χ1) is 14.5. The third kappa shape index (κ3) is 8.83. The summed E-state index contributed by atoms with van der Waals surface area (Å²) in [6.07, 6.45) is 2.15. The van der Waals surface area contributed by atoms with Crippen LogP contribution in [0.5, 0.6) is 5.75 Å². The second-order valence-electron chi connectivity index (χ2n) is 7.98. The van der Waals surface area contributed by atoms with Gasteiger partial charge in [-0.15, -0.1) is 0 Å². The molecule has 0 aromatic heterocycles. The molecule has 2 aromatic carbocycles. The standard InChI is InChI=1S/C26H34O4/c1-20(2)26(27)29-17-16-28-18-21(3)10-11-22(4)19-30-25-14-12-24(13-15-25)23-8-6-5-7-9-23/h5-9,12-15,21-22H,1,10-11,16-19H2,2-4H3. The van der Waals surface area contributed by atoms with Crippen LogP contribution in [-0.2, 0) is 14.3 Å². The van der Waals surface area contributed by atoms with Gasteiger partial charge in [0.2, 0.25) is 0 Å². The van der Waals surface area contributed by atoms with Crippen molar-refractivity contribution in [1.29, 1.82) is 0 Å². The zero-order chi connectivity index (χ0) is 21.8. The van der Waals surface area contributed by atoms with Gasteiger partial charge in [0.25, 0.3) is 0 Å². The Morgan fingerprint density at radius 3 is 2.10 bits per heavy atom. The Balaban J connectivity index is 1.59. The predicted octanol–water partition coefficient (Wildman–Crippen LogP) is 5.92. The minimum atomic E-state index is -0.366. The Morgan fingerprint density at radius 2 is 1.47 bits per heavy atom. The van der Waals surface area contributed by atoms with Crippen molar-refractivity contribution in [3.8, 4) is 16.9 Å². The minimum Gasteiger partial charge on any atom is -0.493 e. The van der Waals surface area contributed by atoms with E-state index in [1.54, 1.807) is 6.92 Å². The molecule has 30 heavy (non-hydrogen) atoms. The highest BCUT2D eigenvalue weighted by molar-refractivity contribution is 5.86. The maximum atomic E-state index is 11.3. The second kappa shape index (κ2) is 12.9. The summed E-state index contributed by atoms with van der Waals surface area (Å²) in [4.78, 5) is 11.3. The van der Waals surface area contributed by atoms with Crippen molar-refractivity contribution in [1.82, 2.24) is 0 Å². The SMILES string of the molecule is C=C(C)C(=O)OCCOCC(C)CCC(C)COc1ccc(-c2ccccc2)cc1. The predicted molar refractivity (Wildman–Crippen MR) is 122 cm³/mol. The third-order valence-corrected chi connectivity index (χ3v) is 4.86. The van der Waals surface area contributed by atoms with Crippen LogP contribution in [0.3, 0.4) is 0 Å². The minimum absolute atomic E-state index is 0.270. The maximum absolute atomic E-state index is 11.3. The molecule has 0 N–H and O–H groups in total. The van der Waals surface area contributed by atoms with Crippen molar-refractivity contribution in [2.75, 3.05) is 26.4 Å². The van der Waals surface area contributed by atoms with Crippen molar-refractivity contribution in [3.63, 3.8) is 0 Å². The van der Waals surface area contributed by atoms with Crippen LogP contribution in [0.1, 0.15) is 33.6 Å². The summed E-state index contributed by atoms with van der Waals surface area (Å²) in [5.74, 6) is 1.46. The van der Waals surface area contributed by atoms with E-state index < -0.39 is 0 Å². The Hall–Kier alpha value is -2.59. The topological polar surface area (TPSA) is 44.8 Å². The van der Waals surface area contributed by atoms with Crippen LogP contribution in [0, 0.1) is 11.8 Å². The molecule has 4 nitrogen and oxygen atoms in total. The molecule has 0 aliphatic carbocycles. The van der Waals surface area contributed by atoms with Crippen molar-refractivity contribution >= 4 is 5.97 Å². The van der Waals surface area contributed by atoms with E-state index in [0.717, 1.165) is 18.6 Å². The van der Waals surface area contributed by atoms with Crippen LogP contribution in [0.25, 0.3) is 11.1 Å². The highest BCUT2D eigenvalue weighted by Crippen LogP contribution is 2.23. The Kier molecular flexibility index (Phi) is 10.2. The van der Waals surface area contributed by atoms with E-state index in [1.807, 2.05) is 30.3 Å². The lowest BCUT2D eigenvalue weighted by Crippen LogP contribution is -2.15. The summed E-state index contributed by atoms with van der Waals surface area (Å²) in [5, 5.41) is 0. The quantitative estimate of drug-likeness (QED) is 0.234. The lowest BCUT2D eigenvalue weighted by atomic mass is 9.99. The molecule has 0 spiro atoms. The zero-order valence-electron chi connectivity index (χ0n) is 18.4. The molecule has 0 saturated carbocycles. The number of ether oxygens (including phenoxy) is 3. The van der Waals surface area contributed by atoms with Gasteiger partial charge >= 0.3 is 5.97 Å². The monoisotopic (exact) mass is 410 g/mol. The first kappa shape index (κ1) is 23.7. The third-order valence-electron chi connectivity index (χ3n) is 4.86. The van der Waals surface area contributed by atoms with Gasteiger partial charge in [-0.05, 0) is 54.9 Å². The molecule has 0 heterocycles. The molecule has 2 rings (SSSR count). The van der Waals surface area contributed by atoms with Crippen LogP contribution in [0.15, 0.2) is 66.7 Å². The molecule has 0 aliphatic rings. The van der Waals surface area contributed by atoms with Gasteiger partial charge in [0.05, 0.1) is 13.2 Å². The molecule has 4 heteroatoms. The van der Waals surface area contributed by atoms with Crippen LogP contribution in [0.2, 0.25) is 0 Å². The summed E-state index contributed by atoms with van der Waals surface area (Å²) < 4.78 is 16.6. The summed E-state index contributed by atoms with van der Waals surface area (Å²) in [7, 11) is 0. The average Bonchev–Trinajstić information content (AvgIpc) is 2.76. The fourth-order valence-electron chi connectivity index (χ4n) is 2.95. The van der Waals surface area contributed by atoms with Gasteiger partial charge in [-0.1, -0.05) is 62.9 Å². The van der Waals surface area contributed by atoms with Crippen molar-refractivity contribution < 1.29 is 19.0 Å². The number of carbonyl (C=O) groups excluding carboxylic acids is 1. The van der Waals surface area contributed by atoms with Crippen molar-refractivity contribution in [3.05, 3.63) is 66.7 Å². The van der Waals surface area contributed by atoms with Crippen LogP contribution in [-0.4, -0.2) is 32.4 Å². The Labute approximate surface area is 180 Å². The molecule has 2 atom stereocenters. The van der Waals surface area contributed by atoms with Crippen molar-refractivity contribution in [2.45, 2.75) is 33.6 Å². The Bertz CT molecular complexity index is 767. The highest BCUT2D eigenvalue weighted by Gasteiger charge is 2.09. The number of hydrogen-bond donors (Lipinski definition) is 0. The average molecular weight is 411 g/mol. The molecule has 2 unspecified atom stereocenters. The zero-order valence-corrected chi connectivity index (χ0v) is 18.4. The van der Waals surface area contributed by atoms with Gasteiger partial charge in [-0.3, -0.25) is 0 Å². The van der Waals surface area contributed by atoms with E-state index in [0.29, 0.717) is 37.2 Å². The number of esters is 1. The van der Waals surface area contributed by atoms with E-state index in [-0.39, 0.29) is 12.6 Å². The summed E-state index contributed by atoms with van der Waals surface area (Å²) in [6, 6.07) is 18.6. The molecule has 0 saturated heterocycles. The molecule has 162 valence electrons. The normalized spacial score (nSPS) is 12.8. The van der Waals surface area contributed by atoms with Crippen LogP contribution < -0.4 is 4.74 Å². The van der Waals surface area contributed by atoms with Gasteiger partial charge in [-0.25, -0.2) is 4.79 Å².